The van der Waals surface area contributed by atoms with Crippen LogP contribution in [-0.4, -0.2) is 34.5 Å². The van der Waals surface area contributed by atoms with Crippen molar-refractivity contribution in [2.24, 2.45) is 5.41 Å². The zero-order valence-corrected chi connectivity index (χ0v) is 20.6. The molecule has 180 valence electrons. The molecule has 7 heteroatoms. The number of aromatic nitrogens is 3. The number of carbonyl (C=O) groups excluding carboxylic acids is 1. The van der Waals surface area contributed by atoms with E-state index in [9.17, 15) is 4.79 Å². The minimum atomic E-state index is -0.246. The normalized spacial score (nSPS) is 11.4. The third kappa shape index (κ3) is 5.94. The van der Waals surface area contributed by atoms with Gasteiger partial charge in [0.2, 0.25) is 11.8 Å². The van der Waals surface area contributed by atoms with E-state index in [0.29, 0.717) is 18.1 Å². The van der Waals surface area contributed by atoms with E-state index in [1.165, 1.54) is 6.08 Å². The molecular formula is C28H31N5O2. The molecule has 0 saturated heterocycles. The van der Waals surface area contributed by atoms with Crippen LogP contribution >= 0.6 is 0 Å². The van der Waals surface area contributed by atoms with Gasteiger partial charge in [-0.1, -0.05) is 27.4 Å². The minimum Gasteiger partial charge on any atom is -0.481 e. The maximum Gasteiger partial charge on any atom is 0.247 e. The second kappa shape index (κ2) is 10.1. The fourth-order valence-electron chi connectivity index (χ4n) is 3.90. The van der Waals surface area contributed by atoms with Gasteiger partial charge in [0.25, 0.3) is 0 Å². The van der Waals surface area contributed by atoms with Crippen molar-refractivity contribution in [3.05, 3.63) is 73.2 Å². The molecule has 0 spiro atoms. The standard InChI is InChI=1S/C28H31N5O2/c1-6-25(34)33-22-10-18(14-29-17-28(2,3)4)9-20(11-22)21-12-23-24(16-32-27(23)31-15-21)19-7-8-30-26(13-19)35-5/h6-13,15-16,29H,1,14,17H2,2-5H3,(H,31,32)(H,33,34). The summed E-state index contributed by atoms with van der Waals surface area (Å²) in [5.41, 5.74) is 6.67. The maximum atomic E-state index is 12.0. The van der Waals surface area contributed by atoms with Gasteiger partial charge in [-0.15, -0.1) is 0 Å². The Morgan fingerprint density at radius 3 is 2.69 bits per heavy atom. The molecule has 0 atom stereocenters. The van der Waals surface area contributed by atoms with Gasteiger partial charge in [-0.3, -0.25) is 4.79 Å². The molecule has 0 aliphatic heterocycles. The van der Waals surface area contributed by atoms with Gasteiger partial charge >= 0.3 is 0 Å². The molecule has 3 N–H and O–H groups in total. The van der Waals surface area contributed by atoms with Crippen LogP contribution < -0.4 is 15.4 Å². The van der Waals surface area contributed by atoms with Gasteiger partial charge in [0.1, 0.15) is 5.65 Å². The molecule has 1 aromatic carbocycles. The number of rotatable bonds is 8. The molecule has 4 aromatic rings. The fraction of sp³-hybridized carbons (Fsp3) is 0.250. The number of hydrogen-bond donors (Lipinski definition) is 3. The van der Waals surface area contributed by atoms with Crippen LogP contribution in [-0.2, 0) is 11.3 Å². The van der Waals surface area contributed by atoms with E-state index in [-0.39, 0.29) is 11.3 Å². The molecule has 0 radical (unpaired) electrons. The highest BCUT2D eigenvalue weighted by Crippen LogP contribution is 2.33. The Balaban J connectivity index is 1.74. The SMILES string of the molecule is C=CC(=O)Nc1cc(CNCC(C)(C)C)cc(-c2cnc3[nH]cc(-c4ccnc(OC)c4)c3c2)c1. The number of anilines is 1. The average molecular weight is 470 g/mol. The lowest BCUT2D eigenvalue weighted by Gasteiger charge is -2.19. The topological polar surface area (TPSA) is 91.9 Å². The van der Waals surface area contributed by atoms with Gasteiger partial charge in [-0.2, -0.15) is 0 Å². The molecular weight excluding hydrogens is 438 g/mol. The van der Waals surface area contributed by atoms with Crippen LogP contribution in [0.5, 0.6) is 5.88 Å². The molecule has 3 aromatic heterocycles. The van der Waals surface area contributed by atoms with Crippen molar-refractivity contribution in [1.82, 2.24) is 20.3 Å². The lowest BCUT2D eigenvalue weighted by molar-refractivity contribution is -0.111. The zero-order valence-electron chi connectivity index (χ0n) is 20.6. The summed E-state index contributed by atoms with van der Waals surface area (Å²) in [6, 6.07) is 12.0. The van der Waals surface area contributed by atoms with Gasteiger partial charge in [-0.05, 0) is 58.5 Å². The number of carbonyl (C=O) groups is 1. The number of fused-ring (bicyclic) bond motifs is 1. The van der Waals surface area contributed by atoms with E-state index < -0.39 is 0 Å². The molecule has 35 heavy (non-hydrogen) atoms. The van der Waals surface area contributed by atoms with E-state index in [1.807, 2.05) is 36.7 Å². The lowest BCUT2D eigenvalue weighted by Crippen LogP contribution is -2.26. The smallest absolute Gasteiger partial charge is 0.247 e. The number of H-pyrrole nitrogens is 1. The molecule has 0 aliphatic rings. The molecule has 7 nitrogen and oxygen atoms in total. The molecule has 0 saturated carbocycles. The predicted octanol–water partition coefficient (Wildman–Crippen LogP) is 5.56. The number of nitrogens with zero attached hydrogens (tertiary/aromatic N) is 2. The average Bonchev–Trinajstić information content (AvgIpc) is 3.26. The second-order valence-electron chi connectivity index (χ2n) is 9.69. The summed E-state index contributed by atoms with van der Waals surface area (Å²) in [5, 5.41) is 7.40. The first-order valence-corrected chi connectivity index (χ1v) is 11.5. The number of hydrogen-bond acceptors (Lipinski definition) is 5. The van der Waals surface area contributed by atoms with Crippen LogP contribution in [0.15, 0.2) is 67.6 Å². The van der Waals surface area contributed by atoms with E-state index in [4.69, 9.17) is 4.74 Å². The monoisotopic (exact) mass is 469 g/mol. The van der Waals surface area contributed by atoms with Gasteiger partial charge in [0.15, 0.2) is 0 Å². The van der Waals surface area contributed by atoms with Crippen LogP contribution in [0.1, 0.15) is 26.3 Å². The van der Waals surface area contributed by atoms with Crippen molar-refractivity contribution >= 4 is 22.6 Å². The summed E-state index contributed by atoms with van der Waals surface area (Å²) in [6.45, 7) is 11.7. The van der Waals surface area contributed by atoms with Crippen molar-refractivity contribution < 1.29 is 9.53 Å². The lowest BCUT2D eigenvalue weighted by atomic mass is 9.96. The number of methoxy groups -OCH3 is 1. The highest BCUT2D eigenvalue weighted by atomic mass is 16.5. The van der Waals surface area contributed by atoms with E-state index in [1.54, 1.807) is 13.3 Å². The Hall–Kier alpha value is -3.97. The van der Waals surface area contributed by atoms with Crippen LogP contribution in [0, 0.1) is 5.41 Å². The number of amides is 1. The van der Waals surface area contributed by atoms with Crippen molar-refractivity contribution in [1.29, 1.82) is 0 Å². The third-order valence-electron chi connectivity index (χ3n) is 5.55. The molecule has 0 aliphatic carbocycles. The third-order valence-corrected chi connectivity index (χ3v) is 5.55. The van der Waals surface area contributed by atoms with E-state index in [2.05, 4.69) is 65.1 Å². The first-order valence-electron chi connectivity index (χ1n) is 11.5. The Kier molecular flexibility index (Phi) is 6.98. The number of benzene rings is 1. The predicted molar refractivity (Wildman–Crippen MR) is 141 cm³/mol. The fourth-order valence-corrected chi connectivity index (χ4v) is 3.90. The number of nitrogens with one attached hydrogen (secondary N) is 3. The van der Waals surface area contributed by atoms with Crippen LogP contribution in [0.4, 0.5) is 5.69 Å². The van der Waals surface area contributed by atoms with Gasteiger partial charge < -0.3 is 20.4 Å². The van der Waals surface area contributed by atoms with Crippen LogP contribution in [0.25, 0.3) is 33.3 Å². The van der Waals surface area contributed by atoms with Crippen molar-refractivity contribution in [2.75, 3.05) is 19.0 Å². The maximum absolute atomic E-state index is 12.0. The van der Waals surface area contributed by atoms with Gasteiger partial charge in [-0.25, -0.2) is 9.97 Å². The van der Waals surface area contributed by atoms with Crippen LogP contribution in [0.3, 0.4) is 0 Å². The molecule has 1 amide bonds. The Bertz CT molecular complexity index is 1370. The molecule has 4 rings (SSSR count). The summed E-state index contributed by atoms with van der Waals surface area (Å²) in [6.07, 6.45) is 6.79. The van der Waals surface area contributed by atoms with E-state index >= 15 is 0 Å². The zero-order chi connectivity index (χ0) is 25.0. The van der Waals surface area contributed by atoms with Crippen LogP contribution in [0.2, 0.25) is 0 Å². The summed E-state index contributed by atoms with van der Waals surface area (Å²) >= 11 is 0. The van der Waals surface area contributed by atoms with Gasteiger partial charge in [0, 0.05) is 59.9 Å². The second-order valence-corrected chi connectivity index (χ2v) is 9.69. The summed E-state index contributed by atoms with van der Waals surface area (Å²) in [7, 11) is 1.60. The molecule has 0 unspecified atom stereocenters. The summed E-state index contributed by atoms with van der Waals surface area (Å²) < 4.78 is 5.29. The molecule has 0 bridgehead atoms. The van der Waals surface area contributed by atoms with Gasteiger partial charge in [0.05, 0.1) is 7.11 Å². The Morgan fingerprint density at radius 1 is 1.11 bits per heavy atom. The Morgan fingerprint density at radius 2 is 1.94 bits per heavy atom. The van der Waals surface area contributed by atoms with Crippen molar-refractivity contribution in [3.8, 4) is 28.1 Å². The first-order chi connectivity index (χ1) is 16.8. The summed E-state index contributed by atoms with van der Waals surface area (Å²) in [5.74, 6) is 0.308. The number of pyridine rings is 2. The molecule has 0 fully saturated rings. The molecule has 3 heterocycles. The van der Waals surface area contributed by atoms with Crippen molar-refractivity contribution in [3.63, 3.8) is 0 Å². The summed E-state index contributed by atoms with van der Waals surface area (Å²) in [4.78, 5) is 24.1. The quantitative estimate of drug-likeness (QED) is 0.294. The Labute approximate surface area is 205 Å². The highest BCUT2D eigenvalue weighted by Gasteiger charge is 2.13. The van der Waals surface area contributed by atoms with E-state index in [0.717, 1.165) is 45.4 Å². The number of aromatic amines is 1. The highest BCUT2D eigenvalue weighted by molar-refractivity contribution is 6.00. The minimum absolute atomic E-state index is 0.173. The first kappa shape index (κ1) is 24.2. The van der Waals surface area contributed by atoms with Crippen molar-refractivity contribution in [2.45, 2.75) is 27.3 Å². The largest absolute Gasteiger partial charge is 0.481 e. The number of ether oxygens (including phenoxy) is 1.